The molecule has 5 aliphatic rings. The highest BCUT2D eigenvalue weighted by molar-refractivity contribution is 5.96. The minimum atomic E-state index is -1.27. The molecule has 3 saturated heterocycles. The summed E-state index contributed by atoms with van der Waals surface area (Å²) in [6.07, 6.45) is 9.63. The SMILES string of the molecule is O=C(CN1CCC(N2CCOCC2)CC1)NC1CC(=O)NC(CC2=CNC3C=CC(F)=CC=C23)C(=O)N[C@@H](Cc2ccccc2)C(=O)N[C@H](Cc2ccccc2)CNC1=O. The number of amides is 5. The van der Waals surface area contributed by atoms with Crippen LogP contribution in [0.5, 0.6) is 0 Å². The van der Waals surface area contributed by atoms with Crippen LogP contribution in [0.25, 0.3) is 0 Å². The second-order valence-corrected chi connectivity index (χ2v) is 16.0. The minimum absolute atomic E-state index is 0.00193. The van der Waals surface area contributed by atoms with E-state index < -0.39 is 66.0 Å². The van der Waals surface area contributed by atoms with Crippen molar-refractivity contribution in [3.8, 4) is 0 Å². The highest BCUT2D eigenvalue weighted by Gasteiger charge is 2.35. The lowest BCUT2D eigenvalue weighted by Gasteiger charge is -2.39. The molecule has 1 aliphatic carbocycles. The molecule has 3 unspecified atom stereocenters. The van der Waals surface area contributed by atoms with Gasteiger partial charge >= 0.3 is 0 Å². The van der Waals surface area contributed by atoms with Crippen molar-refractivity contribution in [2.45, 2.75) is 74.8 Å². The van der Waals surface area contributed by atoms with Crippen LogP contribution in [-0.4, -0.2) is 128 Å². The average Bonchev–Trinajstić information content (AvgIpc) is 3.54. The Kier molecular flexibility index (Phi) is 14.6. The van der Waals surface area contributed by atoms with Gasteiger partial charge in [-0.3, -0.25) is 33.8 Å². The number of nitrogens with zero attached hydrogens (tertiary/aromatic N) is 2. The van der Waals surface area contributed by atoms with Gasteiger partial charge in [0.2, 0.25) is 29.5 Å². The number of morpholine rings is 1. The molecule has 4 aliphatic heterocycles. The van der Waals surface area contributed by atoms with Gasteiger partial charge in [0.15, 0.2) is 0 Å². The number of fused-ring (bicyclic) bond motifs is 1. The predicted molar refractivity (Wildman–Crippen MR) is 224 cm³/mol. The smallest absolute Gasteiger partial charge is 0.243 e. The average molecular weight is 823 g/mol. The lowest BCUT2D eigenvalue weighted by Crippen LogP contribution is -2.59. The standard InChI is InChI=1S/C45H55FN8O6/c46-33-11-13-36-32(27-47-37(36)14-12-33)25-39-45(59)52-38(24-31-9-5-2-6-10-31)44(58)49-34(23-30-7-3-1-4-8-30)28-48-43(57)40(26-41(55)50-39)51-42(56)29-53-17-15-35(16-18-53)54-19-21-60-22-20-54/h1-14,27,34-35,37-40,47H,15-26,28-29H2,(H,48,57)(H,49,58)(H,50,55)(H,51,56)(H,52,59)/t34-,37?,38+,39?,40?/m1/s1. The van der Waals surface area contributed by atoms with E-state index in [2.05, 4.69) is 41.7 Å². The third-order valence-electron chi connectivity index (χ3n) is 11.7. The number of allylic oxidation sites excluding steroid dienone is 4. The summed E-state index contributed by atoms with van der Waals surface area (Å²) >= 11 is 0. The van der Waals surface area contributed by atoms with E-state index in [4.69, 9.17) is 4.74 Å². The molecule has 15 heteroatoms. The van der Waals surface area contributed by atoms with Crippen LogP contribution in [0.2, 0.25) is 0 Å². The quantitative estimate of drug-likeness (QED) is 0.207. The van der Waals surface area contributed by atoms with E-state index in [1.165, 1.54) is 12.2 Å². The van der Waals surface area contributed by atoms with Crippen molar-refractivity contribution < 1.29 is 33.1 Å². The molecule has 60 heavy (non-hydrogen) atoms. The molecule has 2 aromatic rings. The summed E-state index contributed by atoms with van der Waals surface area (Å²) in [4.78, 5) is 74.7. The zero-order valence-electron chi connectivity index (χ0n) is 33.7. The normalized spacial score (nSPS) is 26.4. The number of nitrogens with one attached hydrogen (secondary N) is 6. The third-order valence-corrected chi connectivity index (χ3v) is 11.7. The number of carbonyl (C=O) groups is 5. The lowest BCUT2D eigenvalue weighted by atomic mass is 9.95. The maximum atomic E-state index is 14.4. The Balaban J connectivity index is 1.11. The fraction of sp³-hybridized carbons (Fsp3) is 0.444. The van der Waals surface area contributed by atoms with Crippen LogP contribution in [-0.2, 0) is 41.6 Å². The second-order valence-electron chi connectivity index (χ2n) is 16.0. The Bertz CT molecular complexity index is 1980. The number of hydrogen-bond donors (Lipinski definition) is 6. The minimum Gasteiger partial charge on any atom is -0.380 e. The molecule has 0 aromatic heterocycles. The molecule has 2 aromatic carbocycles. The monoisotopic (exact) mass is 822 g/mol. The summed E-state index contributed by atoms with van der Waals surface area (Å²) in [6, 6.07) is 14.8. The number of carbonyl (C=O) groups excluding carboxylic acids is 5. The van der Waals surface area contributed by atoms with Gasteiger partial charge in [-0.1, -0.05) is 72.8 Å². The van der Waals surface area contributed by atoms with Crippen molar-refractivity contribution in [3.63, 3.8) is 0 Å². The number of rotatable bonds is 10. The molecule has 0 bridgehead atoms. The van der Waals surface area contributed by atoms with E-state index in [0.717, 1.165) is 68.9 Å². The summed E-state index contributed by atoms with van der Waals surface area (Å²) in [5.74, 6) is -3.14. The van der Waals surface area contributed by atoms with Gasteiger partial charge < -0.3 is 36.6 Å². The van der Waals surface area contributed by atoms with Gasteiger partial charge in [-0.05, 0) is 53.7 Å². The molecule has 0 radical (unpaired) electrons. The van der Waals surface area contributed by atoms with Crippen LogP contribution in [0.4, 0.5) is 4.39 Å². The van der Waals surface area contributed by atoms with Crippen molar-refractivity contribution in [2.24, 2.45) is 0 Å². The summed E-state index contributed by atoms with van der Waals surface area (Å²) < 4.78 is 19.7. The third kappa shape index (κ3) is 11.8. The maximum absolute atomic E-state index is 14.4. The van der Waals surface area contributed by atoms with Crippen molar-refractivity contribution >= 4 is 29.5 Å². The molecule has 7 rings (SSSR count). The van der Waals surface area contributed by atoms with Crippen molar-refractivity contribution in [3.05, 3.63) is 119 Å². The summed E-state index contributed by atoms with van der Waals surface area (Å²) in [5.41, 5.74) is 3.10. The number of hydrogen-bond acceptors (Lipinski definition) is 9. The van der Waals surface area contributed by atoms with Gasteiger partial charge in [-0.2, -0.15) is 0 Å². The lowest BCUT2D eigenvalue weighted by molar-refractivity contribution is -0.135. The first-order valence-corrected chi connectivity index (χ1v) is 21.0. The summed E-state index contributed by atoms with van der Waals surface area (Å²) in [5, 5.41) is 17.7. The zero-order chi connectivity index (χ0) is 41.8. The van der Waals surface area contributed by atoms with Crippen molar-refractivity contribution in [2.75, 3.05) is 52.5 Å². The van der Waals surface area contributed by atoms with Crippen LogP contribution in [0.1, 0.15) is 36.8 Å². The Morgan fingerprint density at radius 2 is 1.45 bits per heavy atom. The van der Waals surface area contributed by atoms with E-state index in [0.29, 0.717) is 18.0 Å². The molecule has 0 saturated carbocycles. The first-order chi connectivity index (χ1) is 29.2. The number of benzene rings is 2. The van der Waals surface area contributed by atoms with Crippen molar-refractivity contribution in [1.82, 2.24) is 41.7 Å². The number of likely N-dealkylation sites (tertiary alicyclic amines) is 1. The van der Waals surface area contributed by atoms with Crippen LogP contribution >= 0.6 is 0 Å². The predicted octanol–water partition coefficient (Wildman–Crippen LogP) is 1.32. The number of halogens is 1. The van der Waals surface area contributed by atoms with E-state index in [1.54, 1.807) is 18.4 Å². The molecule has 3 fully saturated rings. The topological polar surface area (TPSA) is 173 Å². The molecular formula is C45H55FN8O6. The van der Waals surface area contributed by atoms with Gasteiger partial charge in [0, 0.05) is 57.8 Å². The molecule has 6 N–H and O–H groups in total. The molecule has 318 valence electrons. The van der Waals surface area contributed by atoms with E-state index >= 15 is 0 Å². The van der Waals surface area contributed by atoms with Gasteiger partial charge in [-0.25, -0.2) is 4.39 Å². The largest absolute Gasteiger partial charge is 0.380 e. The van der Waals surface area contributed by atoms with E-state index in [1.807, 2.05) is 60.7 Å². The van der Waals surface area contributed by atoms with Gasteiger partial charge in [0.25, 0.3) is 0 Å². The van der Waals surface area contributed by atoms with Crippen LogP contribution < -0.4 is 31.9 Å². The molecule has 5 atom stereocenters. The summed E-state index contributed by atoms with van der Waals surface area (Å²) in [7, 11) is 0. The first-order valence-electron chi connectivity index (χ1n) is 21.0. The van der Waals surface area contributed by atoms with Gasteiger partial charge in [0.1, 0.15) is 24.0 Å². The van der Waals surface area contributed by atoms with Gasteiger partial charge in [-0.15, -0.1) is 0 Å². The zero-order valence-corrected chi connectivity index (χ0v) is 33.7. The molecular weight excluding hydrogens is 768 g/mol. The fourth-order valence-corrected chi connectivity index (χ4v) is 8.48. The Labute approximate surface area is 350 Å². The van der Waals surface area contributed by atoms with E-state index in [9.17, 15) is 28.4 Å². The van der Waals surface area contributed by atoms with Crippen molar-refractivity contribution in [1.29, 1.82) is 0 Å². The maximum Gasteiger partial charge on any atom is 0.243 e. The number of piperidine rings is 1. The highest BCUT2D eigenvalue weighted by Crippen LogP contribution is 2.28. The summed E-state index contributed by atoms with van der Waals surface area (Å²) in [6.45, 7) is 4.75. The first kappa shape index (κ1) is 42.5. The van der Waals surface area contributed by atoms with Crippen LogP contribution in [0.3, 0.4) is 0 Å². The number of ether oxygens (including phenoxy) is 1. The van der Waals surface area contributed by atoms with Crippen LogP contribution in [0, 0.1) is 0 Å². The Hall–Kier alpha value is -5.64. The van der Waals surface area contributed by atoms with Gasteiger partial charge in [0.05, 0.1) is 38.3 Å². The highest BCUT2D eigenvalue weighted by atomic mass is 19.1. The Morgan fingerprint density at radius 3 is 2.17 bits per heavy atom. The molecule has 0 spiro atoms. The molecule has 5 amide bonds. The molecule has 14 nitrogen and oxygen atoms in total. The second kappa shape index (κ2) is 20.6. The molecule has 4 heterocycles. The Morgan fingerprint density at radius 1 is 0.783 bits per heavy atom. The van der Waals surface area contributed by atoms with Crippen LogP contribution in [0.15, 0.2) is 108 Å². The fourth-order valence-electron chi connectivity index (χ4n) is 8.48. The van der Waals surface area contributed by atoms with E-state index in [-0.39, 0.29) is 32.0 Å².